The monoisotopic (exact) mass is 392 g/mol. The lowest BCUT2D eigenvalue weighted by molar-refractivity contribution is 0.136. The van der Waals surface area contributed by atoms with Crippen molar-refractivity contribution in [3.63, 3.8) is 0 Å². The molecule has 0 saturated carbocycles. The first-order valence-corrected chi connectivity index (χ1v) is 13.0. The SMILES string of the molecule is CCCCCCCCCCCCCCN1C=CN(CCCC)C1CCCCC. The van der Waals surface area contributed by atoms with Crippen LogP contribution in [-0.2, 0) is 0 Å². The zero-order valence-corrected chi connectivity index (χ0v) is 19.8. The quantitative estimate of drug-likeness (QED) is 0.192. The third-order valence-corrected chi connectivity index (χ3v) is 6.32. The second-order valence-corrected chi connectivity index (χ2v) is 8.99. The van der Waals surface area contributed by atoms with E-state index in [9.17, 15) is 0 Å². The van der Waals surface area contributed by atoms with Gasteiger partial charge in [-0.15, -0.1) is 0 Å². The van der Waals surface area contributed by atoms with Crippen LogP contribution in [0.25, 0.3) is 0 Å². The molecule has 0 N–H and O–H groups in total. The van der Waals surface area contributed by atoms with Crippen molar-refractivity contribution in [2.24, 2.45) is 0 Å². The highest BCUT2D eigenvalue weighted by atomic mass is 15.4. The van der Waals surface area contributed by atoms with E-state index in [0.29, 0.717) is 6.17 Å². The van der Waals surface area contributed by atoms with Gasteiger partial charge in [0.15, 0.2) is 0 Å². The Hall–Kier alpha value is -0.660. The van der Waals surface area contributed by atoms with Crippen molar-refractivity contribution in [1.29, 1.82) is 0 Å². The molecule has 0 aromatic rings. The number of hydrogen-bond donors (Lipinski definition) is 0. The van der Waals surface area contributed by atoms with Crippen LogP contribution in [0.4, 0.5) is 0 Å². The van der Waals surface area contributed by atoms with Gasteiger partial charge in [-0.25, -0.2) is 0 Å². The van der Waals surface area contributed by atoms with Gasteiger partial charge in [0.1, 0.15) is 6.17 Å². The Morgan fingerprint density at radius 1 is 0.464 bits per heavy atom. The first-order chi connectivity index (χ1) is 13.8. The van der Waals surface area contributed by atoms with Gasteiger partial charge in [-0.05, 0) is 25.7 Å². The molecule has 1 aliphatic rings. The van der Waals surface area contributed by atoms with Gasteiger partial charge in [0.2, 0.25) is 0 Å². The molecule has 1 heterocycles. The van der Waals surface area contributed by atoms with Crippen molar-refractivity contribution in [2.75, 3.05) is 13.1 Å². The topological polar surface area (TPSA) is 6.48 Å². The standard InChI is InChI=1S/C26H52N2/c1-4-7-10-11-12-13-14-15-16-17-18-20-23-28-25-24-27(22-9-6-3)26(28)21-19-8-5-2/h24-26H,4-23H2,1-3H3. The lowest BCUT2D eigenvalue weighted by atomic mass is 10.1. The molecule has 2 nitrogen and oxygen atoms in total. The molecular formula is C26H52N2. The largest absolute Gasteiger partial charge is 0.356 e. The molecule has 0 fully saturated rings. The lowest BCUT2D eigenvalue weighted by Gasteiger charge is -2.33. The van der Waals surface area contributed by atoms with Crippen LogP contribution < -0.4 is 0 Å². The van der Waals surface area contributed by atoms with Crippen LogP contribution in [0.5, 0.6) is 0 Å². The fourth-order valence-electron chi connectivity index (χ4n) is 4.39. The Bertz CT molecular complexity index is 352. The molecule has 0 bridgehead atoms. The normalized spacial score (nSPS) is 16.5. The fourth-order valence-corrected chi connectivity index (χ4v) is 4.39. The van der Waals surface area contributed by atoms with Crippen molar-refractivity contribution in [1.82, 2.24) is 9.80 Å². The van der Waals surface area contributed by atoms with E-state index in [4.69, 9.17) is 0 Å². The number of nitrogens with zero attached hydrogens (tertiary/aromatic N) is 2. The maximum absolute atomic E-state index is 2.64. The van der Waals surface area contributed by atoms with Gasteiger partial charge in [0.25, 0.3) is 0 Å². The van der Waals surface area contributed by atoms with Gasteiger partial charge in [0.05, 0.1) is 0 Å². The molecule has 0 amide bonds. The van der Waals surface area contributed by atoms with E-state index in [1.807, 2.05) is 0 Å². The van der Waals surface area contributed by atoms with E-state index in [-0.39, 0.29) is 0 Å². The molecule has 0 aliphatic carbocycles. The average Bonchev–Trinajstić information content (AvgIpc) is 3.09. The van der Waals surface area contributed by atoms with Crippen LogP contribution in [0.2, 0.25) is 0 Å². The highest BCUT2D eigenvalue weighted by Gasteiger charge is 2.24. The van der Waals surface area contributed by atoms with E-state index in [0.717, 1.165) is 0 Å². The second-order valence-electron chi connectivity index (χ2n) is 8.99. The maximum Gasteiger partial charge on any atom is 0.101 e. The predicted octanol–water partition coefficient (Wildman–Crippen LogP) is 8.48. The highest BCUT2D eigenvalue weighted by Crippen LogP contribution is 2.23. The molecule has 1 atom stereocenters. The summed E-state index contributed by atoms with van der Waals surface area (Å²) in [7, 11) is 0. The molecule has 2 heteroatoms. The van der Waals surface area contributed by atoms with Crippen LogP contribution in [0.3, 0.4) is 0 Å². The van der Waals surface area contributed by atoms with Crippen LogP contribution >= 0.6 is 0 Å². The first kappa shape index (κ1) is 25.4. The summed E-state index contributed by atoms with van der Waals surface area (Å²) < 4.78 is 0. The summed E-state index contributed by atoms with van der Waals surface area (Å²) in [5.74, 6) is 0. The van der Waals surface area contributed by atoms with Gasteiger partial charge in [-0.1, -0.05) is 111 Å². The summed E-state index contributed by atoms with van der Waals surface area (Å²) in [5.41, 5.74) is 0. The van der Waals surface area contributed by atoms with Crippen LogP contribution in [0, 0.1) is 0 Å². The second kappa shape index (κ2) is 18.4. The minimum atomic E-state index is 0.644. The number of rotatable bonds is 20. The molecule has 0 radical (unpaired) electrons. The third-order valence-electron chi connectivity index (χ3n) is 6.32. The Kier molecular flexibility index (Phi) is 16.7. The summed E-state index contributed by atoms with van der Waals surface area (Å²) in [4.78, 5) is 5.25. The highest BCUT2D eigenvalue weighted by molar-refractivity contribution is 4.96. The van der Waals surface area contributed by atoms with Gasteiger partial charge >= 0.3 is 0 Å². The zero-order valence-electron chi connectivity index (χ0n) is 19.8. The average molecular weight is 393 g/mol. The molecule has 1 rings (SSSR count). The number of hydrogen-bond acceptors (Lipinski definition) is 2. The van der Waals surface area contributed by atoms with Crippen molar-refractivity contribution in [3.05, 3.63) is 12.4 Å². The Morgan fingerprint density at radius 2 is 0.857 bits per heavy atom. The summed E-state index contributed by atoms with van der Waals surface area (Å²) >= 11 is 0. The predicted molar refractivity (Wildman–Crippen MR) is 126 cm³/mol. The molecule has 0 aromatic carbocycles. The first-order valence-electron chi connectivity index (χ1n) is 13.0. The van der Waals surface area contributed by atoms with Gasteiger partial charge < -0.3 is 9.80 Å². The van der Waals surface area contributed by atoms with E-state index < -0.39 is 0 Å². The summed E-state index contributed by atoms with van der Waals surface area (Å²) in [6, 6.07) is 0. The van der Waals surface area contributed by atoms with E-state index >= 15 is 0 Å². The molecule has 0 aromatic heterocycles. The Labute approximate surface area is 178 Å². The van der Waals surface area contributed by atoms with E-state index in [1.165, 1.54) is 129 Å². The Morgan fingerprint density at radius 3 is 1.36 bits per heavy atom. The lowest BCUT2D eigenvalue weighted by Crippen LogP contribution is -2.39. The molecular weight excluding hydrogens is 340 g/mol. The smallest absolute Gasteiger partial charge is 0.101 e. The summed E-state index contributed by atoms with van der Waals surface area (Å²) in [5, 5.41) is 0. The Balaban J connectivity index is 2.06. The van der Waals surface area contributed by atoms with Crippen molar-refractivity contribution in [3.8, 4) is 0 Å². The maximum atomic E-state index is 2.64. The molecule has 1 unspecified atom stereocenters. The van der Waals surface area contributed by atoms with Gasteiger partial charge in [0, 0.05) is 25.5 Å². The van der Waals surface area contributed by atoms with Crippen molar-refractivity contribution >= 4 is 0 Å². The molecule has 1 aliphatic heterocycles. The van der Waals surface area contributed by atoms with E-state index in [1.54, 1.807) is 0 Å². The molecule has 166 valence electrons. The van der Waals surface area contributed by atoms with Gasteiger partial charge in [-0.3, -0.25) is 0 Å². The molecule has 0 saturated heterocycles. The summed E-state index contributed by atoms with van der Waals surface area (Å²) in [6.45, 7) is 9.41. The molecule has 28 heavy (non-hydrogen) atoms. The summed E-state index contributed by atoms with van der Waals surface area (Å²) in [6.07, 6.45) is 30.7. The van der Waals surface area contributed by atoms with Crippen LogP contribution in [0.1, 0.15) is 136 Å². The fraction of sp³-hybridized carbons (Fsp3) is 0.923. The van der Waals surface area contributed by atoms with Crippen molar-refractivity contribution in [2.45, 2.75) is 143 Å². The van der Waals surface area contributed by atoms with Gasteiger partial charge in [-0.2, -0.15) is 0 Å². The third kappa shape index (κ3) is 12.0. The minimum Gasteiger partial charge on any atom is -0.356 e. The number of unbranched alkanes of at least 4 members (excludes halogenated alkanes) is 14. The van der Waals surface area contributed by atoms with Crippen molar-refractivity contribution < 1.29 is 0 Å². The van der Waals surface area contributed by atoms with E-state index in [2.05, 4.69) is 43.0 Å². The molecule has 0 spiro atoms. The minimum absolute atomic E-state index is 0.644. The zero-order chi connectivity index (χ0) is 20.3. The van der Waals surface area contributed by atoms with Crippen LogP contribution in [0.15, 0.2) is 12.4 Å². The van der Waals surface area contributed by atoms with Crippen LogP contribution in [-0.4, -0.2) is 29.1 Å².